The number of nitrogens with one attached hydrogen (secondary N) is 2. The number of benzene rings is 1. The number of rotatable bonds is 7. The molecule has 1 aromatic carbocycles. The molecular formula is C18H22N2O6S. The van der Waals surface area contributed by atoms with Crippen molar-refractivity contribution in [2.75, 3.05) is 23.4 Å². The van der Waals surface area contributed by atoms with Gasteiger partial charge in [0.1, 0.15) is 0 Å². The molecule has 1 saturated carbocycles. The number of amides is 2. The van der Waals surface area contributed by atoms with Crippen molar-refractivity contribution in [3.05, 3.63) is 29.8 Å². The summed E-state index contributed by atoms with van der Waals surface area (Å²) in [5.41, 5.74) is 0.693. The summed E-state index contributed by atoms with van der Waals surface area (Å²) >= 11 is 0. The number of carbonyl (C=O) groups excluding carboxylic acids is 3. The van der Waals surface area contributed by atoms with E-state index >= 15 is 0 Å². The molecule has 1 aromatic rings. The van der Waals surface area contributed by atoms with E-state index in [1.165, 1.54) is 0 Å². The lowest BCUT2D eigenvalue weighted by molar-refractivity contribution is -0.148. The van der Waals surface area contributed by atoms with Crippen LogP contribution in [-0.2, 0) is 24.2 Å². The summed E-state index contributed by atoms with van der Waals surface area (Å²) in [7, 11) is -3.06. The molecule has 2 aliphatic rings. The summed E-state index contributed by atoms with van der Waals surface area (Å²) in [4.78, 5) is 36.1. The van der Waals surface area contributed by atoms with Gasteiger partial charge < -0.3 is 15.4 Å². The number of hydrogen-bond acceptors (Lipinski definition) is 6. The van der Waals surface area contributed by atoms with Gasteiger partial charge in [-0.15, -0.1) is 0 Å². The Morgan fingerprint density at radius 2 is 1.85 bits per heavy atom. The fraction of sp³-hybridized carbons (Fsp3) is 0.500. The van der Waals surface area contributed by atoms with Crippen LogP contribution in [0, 0.1) is 5.92 Å². The predicted octanol–water partition coefficient (Wildman–Crippen LogP) is 0.885. The van der Waals surface area contributed by atoms with Crippen LogP contribution in [-0.4, -0.2) is 50.4 Å². The van der Waals surface area contributed by atoms with Crippen LogP contribution in [0.15, 0.2) is 24.3 Å². The summed E-state index contributed by atoms with van der Waals surface area (Å²) in [6.07, 6.45) is 2.33. The zero-order valence-corrected chi connectivity index (χ0v) is 15.6. The van der Waals surface area contributed by atoms with Gasteiger partial charge in [-0.2, -0.15) is 0 Å². The Hall–Kier alpha value is -2.42. The number of carbonyl (C=O) groups is 3. The molecule has 1 aliphatic carbocycles. The first-order valence-electron chi connectivity index (χ1n) is 8.88. The number of esters is 1. The predicted molar refractivity (Wildman–Crippen MR) is 97.9 cm³/mol. The molecule has 1 aliphatic heterocycles. The third kappa shape index (κ3) is 5.78. The minimum Gasteiger partial charge on any atom is -0.456 e. The maximum Gasteiger partial charge on any atom is 0.306 e. The molecule has 0 aromatic heterocycles. The van der Waals surface area contributed by atoms with Crippen LogP contribution in [0.5, 0.6) is 0 Å². The molecule has 1 atom stereocenters. The third-order valence-corrected chi connectivity index (χ3v) is 6.34. The van der Waals surface area contributed by atoms with Crippen LogP contribution in [0.4, 0.5) is 5.69 Å². The molecule has 8 nitrogen and oxygen atoms in total. The van der Waals surface area contributed by atoms with Crippen LogP contribution in [0.3, 0.4) is 0 Å². The van der Waals surface area contributed by atoms with Crippen LogP contribution in [0.25, 0.3) is 0 Å². The highest BCUT2D eigenvalue weighted by Crippen LogP contribution is 2.23. The van der Waals surface area contributed by atoms with Crippen molar-refractivity contribution < 1.29 is 27.5 Å². The average molecular weight is 394 g/mol. The molecule has 0 unspecified atom stereocenters. The molecule has 0 spiro atoms. The maximum atomic E-state index is 12.2. The van der Waals surface area contributed by atoms with Crippen molar-refractivity contribution in [2.24, 2.45) is 5.92 Å². The first kappa shape index (κ1) is 19.3. The Kier molecular flexibility index (Phi) is 5.79. The zero-order chi connectivity index (χ0) is 19.4. The van der Waals surface area contributed by atoms with Gasteiger partial charge in [0.25, 0.3) is 11.8 Å². The van der Waals surface area contributed by atoms with Crippen LogP contribution in [0.1, 0.15) is 36.0 Å². The second kappa shape index (κ2) is 8.08. The monoisotopic (exact) mass is 394 g/mol. The van der Waals surface area contributed by atoms with Gasteiger partial charge in [-0.05, 0) is 37.3 Å². The molecule has 146 valence electrons. The van der Waals surface area contributed by atoms with E-state index in [4.69, 9.17) is 4.74 Å². The Morgan fingerprint density at radius 1 is 1.11 bits per heavy atom. The van der Waals surface area contributed by atoms with Crippen molar-refractivity contribution in [2.45, 2.75) is 31.7 Å². The van der Waals surface area contributed by atoms with E-state index in [9.17, 15) is 22.8 Å². The molecule has 0 radical (unpaired) electrons. The Balaban J connectivity index is 1.48. The summed E-state index contributed by atoms with van der Waals surface area (Å²) in [5, 5.41) is 5.43. The second-order valence-electron chi connectivity index (χ2n) is 6.98. The zero-order valence-electron chi connectivity index (χ0n) is 14.8. The van der Waals surface area contributed by atoms with Gasteiger partial charge in [0, 0.05) is 12.5 Å². The lowest BCUT2D eigenvalue weighted by Gasteiger charge is -2.12. The second-order valence-corrected chi connectivity index (χ2v) is 9.20. The first-order chi connectivity index (χ1) is 12.8. The van der Waals surface area contributed by atoms with Crippen LogP contribution >= 0.6 is 0 Å². The van der Waals surface area contributed by atoms with Crippen molar-refractivity contribution >= 4 is 33.3 Å². The SMILES string of the molecule is O=C(COC(=O)C[C@@H]1CCS(=O)(=O)C1)Nc1ccccc1C(=O)NC1CC1. The topological polar surface area (TPSA) is 119 Å². The van der Waals surface area contributed by atoms with E-state index in [2.05, 4.69) is 10.6 Å². The molecule has 27 heavy (non-hydrogen) atoms. The van der Waals surface area contributed by atoms with E-state index in [-0.39, 0.29) is 35.8 Å². The molecule has 9 heteroatoms. The lowest BCUT2D eigenvalue weighted by Crippen LogP contribution is -2.28. The number of para-hydroxylation sites is 1. The standard InChI is InChI=1S/C18H22N2O6S/c21-16(10-26-17(22)9-12-7-8-27(24,25)11-12)20-15-4-2-1-3-14(15)18(23)19-13-5-6-13/h1-4,12-13H,5-11H2,(H,19,23)(H,20,21)/t12-/m0/s1. The van der Waals surface area contributed by atoms with E-state index < -0.39 is 28.3 Å². The van der Waals surface area contributed by atoms with Gasteiger partial charge in [0.15, 0.2) is 16.4 Å². The molecular weight excluding hydrogens is 372 g/mol. The largest absolute Gasteiger partial charge is 0.456 e. The molecule has 0 bridgehead atoms. The summed E-state index contributed by atoms with van der Waals surface area (Å²) in [6, 6.07) is 6.80. The highest BCUT2D eigenvalue weighted by atomic mass is 32.2. The highest BCUT2D eigenvalue weighted by Gasteiger charge is 2.30. The van der Waals surface area contributed by atoms with E-state index in [0.29, 0.717) is 17.7 Å². The third-order valence-electron chi connectivity index (χ3n) is 4.50. The van der Waals surface area contributed by atoms with E-state index in [1.54, 1.807) is 24.3 Å². The average Bonchev–Trinajstić information content (AvgIpc) is 3.35. The summed E-state index contributed by atoms with van der Waals surface area (Å²) in [6.45, 7) is -0.489. The number of anilines is 1. The van der Waals surface area contributed by atoms with E-state index in [0.717, 1.165) is 12.8 Å². The Morgan fingerprint density at radius 3 is 2.52 bits per heavy atom. The molecule has 1 heterocycles. The highest BCUT2D eigenvalue weighted by molar-refractivity contribution is 7.91. The Bertz CT molecular complexity index is 847. The van der Waals surface area contributed by atoms with Gasteiger partial charge in [-0.25, -0.2) is 8.42 Å². The van der Waals surface area contributed by atoms with Crippen molar-refractivity contribution in [1.82, 2.24) is 5.32 Å². The van der Waals surface area contributed by atoms with Crippen molar-refractivity contribution in [1.29, 1.82) is 0 Å². The van der Waals surface area contributed by atoms with Gasteiger partial charge >= 0.3 is 5.97 Å². The Labute approximate surface area is 157 Å². The van der Waals surface area contributed by atoms with Gasteiger partial charge in [0.05, 0.1) is 22.8 Å². The fourth-order valence-corrected chi connectivity index (χ4v) is 4.80. The summed E-state index contributed by atoms with van der Waals surface area (Å²) < 4.78 is 27.7. The summed E-state index contributed by atoms with van der Waals surface area (Å²) in [5.74, 6) is -1.60. The van der Waals surface area contributed by atoms with E-state index in [1.807, 2.05) is 0 Å². The van der Waals surface area contributed by atoms with Crippen LogP contribution < -0.4 is 10.6 Å². The van der Waals surface area contributed by atoms with Gasteiger partial charge in [0.2, 0.25) is 0 Å². The van der Waals surface area contributed by atoms with Gasteiger partial charge in [-0.3, -0.25) is 14.4 Å². The fourth-order valence-electron chi connectivity index (χ4n) is 2.94. The number of hydrogen-bond donors (Lipinski definition) is 2. The van der Waals surface area contributed by atoms with Gasteiger partial charge in [-0.1, -0.05) is 12.1 Å². The molecule has 2 fully saturated rings. The molecule has 2 N–H and O–H groups in total. The quantitative estimate of drug-likeness (QED) is 0.663. The smallest absolute Gasteiger partial charge is 0.306 e. The lowest BCUT2D eigenvalue weighted by atomic mass is 10.1. The normalized spacial score (nSPS) is 20.7. The molecule has 1 saturated heterocycles. The maximum absolute atomic E-state index is 12.2. The van der Waals surface area contributed by atoms with Crippen molar-refractivity contribution in [3.8, 4) is 0 Å². The first-order valence-corrected chi connectivity index (χ1v) is 10.7. The minimum atomic E-state index is -3.06. The van der Waals surface area contributed by atoms with Crippen molar-refractivity contribution in [3.63, 3.8) is 0 Å². The number of ether oxygens (including phenoxy) is 1. The van der Waals surface area contributed by atoms with Crippen LogP contribution in [0.2, 0.25) is 0 Å². The number of sulfone groups is 1. The molecule has 2 amide bonds. The minimum absolute atomic E-state index is 0.0161. The molecule has 3 rings (SSSR count).